The fourth-order valence-electron chi connectivity index (χ4n) is 4.61. The highest BCUT2D eigenvalue weighted by Gasteiger charge is 2.44. The molecule has 1 unspecified atom stereocenters. The highest BCUT2D eigenvalue weighted by atomic mass is 19.1. The molecule has 5 heterocycles. The van der Waals surface area contributed by atoms with Gasteiger partial charge in [-0.05, 0) is 38.0 Å². The fourth-order valence-corrected chi connectivity index (χ4v) is 4.61. The molecule has 0 aliphatic carbocycles. The Morgan fingerprint density at radius 2 is 2.06 bits per heavy atom. The monoisotopic (exact) mass is 468 g/mol. The number of cyclic esters (lactones) is 1. The molecule has 3 aliphatic heterocycles. The summed E-state index contributed by atoms with van der Waals surface area (Å²) in [6.07, 6.45) is 6.05. The molecule has 3 aliphatic rings. The van der Waals surface area contributed by atoms with Gasteiger partial charge >= 0.3 is 6.09 Å². The molecule has 1 aromatic carbocycles. The Balaban J connectivity index is 1.09. The minimum Gasteiger partial charge on any atom is -0.442 e. The van der Waals surface area contributed by atoms with Crippen LogP contribution in [-0.4, -0.2) is 68.4 Å². The van der Waals surface area contributed by atoms with E-state index in [1.54, 1.807) is 29.2 Å². The van der Waals surface area contributed by atoms with Crippen LogP contribution in [0.25, 0.3) is 0 Å². The van der Waals surface area contributed by atoms with E-state index in [4.69, 9.17) is 9.47 Å². The average molecular weight is 468 g/mol. The maximum Gasteiger partial charge on any atom is 0.414 e. The van der Waals surface area contributed by atoms with Gasteiger partial charge in [-0.25, -0.2) is 18.5 Å². The second kappa shape index (κ2) is 8.05. The van der Waals surface area contributed by atoms with Crippen LogP contribution in [0.2, 0.25) is 0 Å². The lowest BCUT2D eigenvalue weighted by molar-refractivity contribution is 0.129. The number of benzene rings is 1. The molecule has 34 heavy (non-hydrogen) atoms. The smallest absolute Gasteiger partial charge is 0.414 e. The highest BCUT2D eigenvalue weighted by molar-refractivity contribution is 5.90. The molecule has 0 spiro atoms. The zero-order chi connectivity index (χ0) is 23.3. The lowest BCUT2D eigenvalue weighted by atomic mass is 10.0. The Morgan fingerprint density at radius 1 is 1.24 bits per heavy atom. The van der Waals surface area contributed by atoms with E-state index in [-0.39, 0.29) is 23.6 Å². The molecule has 0 bridgehead atoms. The normalized spacial score (nSPS) is 25.1. The van der Waals surface area contributed by atoms with Gasteiger partial charge in [0.15, 0.2) is 0 Å². The van der Waals surface area contributed by atoms with E-state index in [1.165, 1.54) is 11.0 Å². The van der Waals surface area contributed by atoms with Crippen LogP contribution in [0.3, 0.4) is 0 Å². The predicted molar refractivity (Wildman–Crippen MR) is 118 cm³/mol. The molecule has 6 rings (SSSR count). The van der Waals surface area contributed by atoms with Crippen LogP contribution in [0.4, 0.5) is 20.6 Å². The van der Waals surface area contributed by atoms with Gasteiger partial charge in [0.1, 0.15) is 23.2 Å². The van der Waals surface area contributed by atoms with Gasteiger partial charge < -0.3 is 14.4 Å². The van der Waals surface area contributed by atoms with Gasteiger partial charge in [-0.1, -0.05) is 10.4 Å². The van der Waals surface area contributed by atoms with Crippen LogP contribution in [0.15, 0.2) is 36.8 Å². The van der Waals surface area contributed by atoms with Gasteiger partial charge in [-0.2, -0.15) is 0 Å². The summed E-state index contributed by atoms with van der Waals surface area (Å²) in [5, 5.41) is 16.2. The molecule has 178 valence electrons. The summed E-state index contributed by atoms with van der Waals surface area (Å²) < 4.78 is 29.5. The first kappa shape index (κ1) is 21.0. The number of anilines is 2. The molecular formula is C22H25FN8O3. The Labute approximate surface area is 195 Å². The van der Waals surface area contributed by atoms with Crippen molar-refractivity contribution in [2.24, 2.45) is 0 Å². The Bertz CT molecular complexity index is 1190. The van der Waals surface area contributed by atoms with Crippen molar-refractivity contribution in [1.82, 2.24) is 30.0 Å². The zero-order valence-electron chi connectivity index (χ0n) is 18.7. The average Bonchev–Trinajstić information content (AvgIpc) is 3.26. The molecule has 2 aromatic heterocycles. The summed E-state index contributed by atoms with van der Waals surface area (Å²) in [5.74, 6) is -0.356. The SMILES string of the molecule is C[C@@]1(c2cn(C3CCN(c4ccc(N5CC(Cn6ccnn6)OC5=O)cc4F)CC3)nn2)CO1. The zero-order valence-corrected chi connectivity index (χ0v) is 18.7. The van der Waals surface area contributed by atoms with Gasteiger partial charge in [-0.15, -0.1) is 10.2 Å². The highest BCUT2D eigenvalue weighted by Crippen LogP contribution is 2.37. The molecule has 3 saturated heterocycles. The number of epoxide rings is 1. The maximum atomic E-state index is 15.1. The first-order valence-electron chi connectivity index (χ1n) is 11.4. The third kappa shape index (κ3) is 3.87. The van der Waals surface area contributed by atoms with E-state index >= 15 is 4.39 Å². The predicted octanol–water partition coefficient (Wildman–Crippen LogP) is 2.12. The van der Waals surface area contributed by atoms with E-state index in [0.29, 0.717) is 44.2 Å². The van der Waals surface area contributed by atoms with E-state index in [1.807, 2.05) is 22.7 Å². The van der Waals surface area contributed by atoms with Crippen LogP contribution in [-0.2, 0) is 21.6 Å². The van der Waals surface area contributed by atoms with Crippen molar-refractivity contribution >= 4 is 17.5 Å². The number of ether oxygens (including phenoxy) is 2. The molecule has 12 heteroatoms. The number of hydrogen-bond donors (Lipinski definition) is 0. The molecule has 0 N–H and O–H groups in total. The van der Waals surface area contributed by atoms with Crippen LogP contribution >= 0.6 is 0 Å². The number of rotatable bonds is 6. The number of aromatic nitrogens is 6. The quantitative estimate of drug-likeness (QED) is 0.507. The second-order valence-electron chi connectivity index (χ2n) is 9.20. The molecule has 3 fully saturated rings. The molecular weight excluding hydrogens is 443 g/mol. The summed E-state index contributed by atoms with van der Waals surface area (Å²) >= 11 is 0. The third-order valence-electron chi connectivity index (χ3n) is 6.79. The van der Waals surface area contributed by atoms with Crippen molar-refractivity contribution in [3.05, 3.63) is 48.3 Å². The number of nitrogens with zero attached hydrogens (tertiary/aromatic N) is 8. The van der Waals surface area contributed by atoms with E-state index in [0.717, 1.165) is 18.5 Å². The van der Waals surface area contributed by atoms with Gasteiger partial charge in [0, 0.05) is 19.3 Å². The van der Waals surface area contributed by atoms with Crippen molar-refractivity contribution in [2.75, 3.05) is 36.0 Å². The van der Waals surface area contributed by atoms with Gasteiger partial charge in [0.05, 0.1) is 49.5 Å². The van der Waals surface area contributed by atoms with Crippen molar-refractivity contribution in [2.45, 2.75) is 44.1 Å². The summed E-state index contributed by atoms with van der Waals surface area (Å²) in [6, 6.07) is 5.13. The topological polar surface area (TPSA) is 107 Å². The number of amides is 1. The number of halogens is 1. The van der Waals surface area contributed by atoms with Crippen molar-refractivity contribution in [3.63, 3.8) is 0 Å². The number of carbonyl (C=O) groups excluding carboxylic acids is 1. The first-order chi connectivity index (χ1) is 16.5. The Kier molecular flexibility index (Phi) is 4.97. The van der Waals surface area contributed by atoms with E-state index in [9.17, 15) is 4.79 Å². The molecule has 1 amide bonds. The van der Waals surface area contributed by atoms with Crippen LogP contribution < -0.4 is 9.80 Å². The minimum absolute atomic E-state index is 0.225. The standard InChI is InChI=1S/C22H25FN8O3/c1-22(14-33-22)20-13-31(27-25-20)15-4-7-28(8-5-15)19-3-2-16(10-18(19)23)30-12-17(34-21(30)32)11-29-9-6-24-26-29/h2-3,6,9-10,13,15,17H,4-5,7-8,11-12,14H2,1H3/t17?,22-/m0/s1. The lowest BCUT2D eigenvalue weighted by Gasteiger charge is -2.33. The van der Waals surface area contributed by atoms with Gasteiger partial charge in [0.2, 0.25) is 0 Å². The molecule has 0 saturated carbocycles. The Morgan fingerprint density at radius 3 is 2.76 bits per heavy atom. The van der Waals surface area contributed by atoms with Crippen molar-refractivity contribution in [3.8, 4) is 0 Å². The van der Waals surface area contributed by atoms with Crippen molar-refractivity contribution in [1.29, 1.82) is 0 Å². The minimum atomic E-state index is -0.490. The van der Waals surface area contributed by atoms with Crippen molar-refractivity contribution < 1.29 is 18.7 Å². The maximum absolute atomic E-state index is 15.1. The molecule has 3 aromatic rings. The number of piperidine rings is 1. The van der Waals surface area contributed by atoms with E-state index < -0.39 is 6.09 Å². The fraction of sp³-hybridized carbons (Fsp3) is 0.500. The second-order valence-corrected chi connectivity index (χ2v) is 9.20. The van der Waals surface area contributed by atoms with Crippen LogP contribution in [0.1, 0.15) is 31.5 Å². The molecule has 11 nitrogen and oxygen atoms in total. The summed E-state index contributed by atoms with van der Waals surface area (Å²) in [5.41, 5.74) is 1.59. The van der Waals surface area contributed by atoms with Crippen LogP contribution in [0.5, 0.6) is 0 Å². The summed E-state index contributed by atoms with van der Waals surface area (Å²) in [6.45, 7) is 4.82. The molecule has 2 atom stereocenters. The van der Waals surface area contributed by atoms with Crippen LogP contribution in [0, 0.1) is 5.82 Å². The Hall–Kier alpha value is -3.54. The largest absolute Gasteiger partial charge is 0.442 e. The first-order valence-corrected chi connectivity index (χ1v) is 11.4. The van der Waals surface area contributed by atoms with Gasteiger partial charge in [0.25, 0.3) is 0 Å². The molecule has 0 radical (unpaired) electrons. The van der Waals surface area contributed by atoms with Gasteiger partial charge in [-0.3, -0.25) is 4.90 Å². The summed E-state index contributed by atoms with van der Waals surface area (Å²) in [4.78, 5) is 15.8. The van der Waals surface area contributed by atoms with E-state index in [2.05, 4.69) is 20.6 Å². The third-order valence-corrected chi connectivity index (χ3v) is 6.79. The summed E-state index contributed by atoms with van der Waals surface area (Å²) in [7, 11) is 0. The number of hydrogen-bond acceptors (Lipinski definition) is 8. The lowest BCUT2D eigenvalue weighted by Crippen LogP contribution is -2.35. The number of carbonyl (C=O) groups is 1.